The number of likely N-dealkylation sites (N-methyl/N-ethyl adjacent to an activating group) is 1. The maximum Gasteiger partial charge on any atom is 0.273 e. The van der Waals surface area contributed by atoms with Gasteiger partial charge in [-0.3, -0.25) is 4.79 Å². The van der Waals surface area contributed by atoms with Gasteiger partial charge in [0.2, 0.25) is 0 Å². The molecule has 84 valence electrons. The van der Waals surface area contributed by atoms with Crippen molar-refractivity contribution in [3.05, 3.63) is 28.7 Å². The molecule has 1 rings (SSSR count). The summed E-state index contributed by atoms with van der Waals surface area (Å²) in [6.07, 6.45) is 1.78. The summed E-state index contributed by atoms with van der Waals surface area (Å²) in [6, 6.07) is 3.44. The Morgan fingerprint density at radius 1 is 1.40 bits per heavy atom. The predicted molar refractivity (Wildman–Crippen MR) is 62.9 cm³/mol. The van der Waals surface area contributed by atoms with Crippen molar-refractivity contribution in [2.24, 2.45) is 0 Å². The lowest BCUT2D eigenvalue weighted by atomic mass is 10.4. The third-order valence-corrected chi connectivity index (χ3v) is 2.60. The maximum atomic E-state index is 11.6. The Hall–Kier alpha value is -1.29. The number of pyridine rings is 1. The number of nitrogens with zero attached hydrogens (tertiary/aromatic N) is 2. The van der Waals surface area contributed by atoms with Crippen LogP contribution in [0.2, 0.25) is 0 Å². The van der Waals surface area contributed by atoms with Crippen LogP contribution in [0.3, 0.4) is 0 Å². The van der Waals surface area contributed by atoms with E-state index in [4.69, 9.17) is 5.73 Å². The maximum absolute atomic E-state index is 11.6. The second-order valence-electron chi connectivity index (χ2n) is 3.49. The van der Waals surface area contributed by atoms with Crippen LogP contribution in [-0.4, -0.2) is 29.1 Å². The highest BCUT2D eigenvalue weighted by molar-refractivity contribution is 5.33. The smallest absolute Gasteiger partial charge is 0.273 e. The van der Waals surface area contributed by atoms with Crippen LogP contribution in [0.1, 0.15) is 13.8 Å². The van der Waals surface area contributed by atoms with E-state index in [1.54, 1.807) is 22.9 Å². The van der Waals surface area contributed by atoms with Crippen LogP contribution in [-0.2, 0) is 6.54 Å². The molecule has 0 radical (unpaired) electrons. The Balaban J connectivity index is 2.65. The van der Waals surface area contributed by atoms with Crippen LogP contribution in [0.4, 0.5) is 5.69 Å². The lowest BCUT2D eigenvalue weighted by Crippen LogP contribution is -2.31. The van der Waals surface area contributed by atoms with Crippen molar-refractivity contribution in [1.82, 2.24) is 9.47 Å². The minimum absolute atomic E-state index is 0.0929. The first-order chi connectivity index (χ1) is 7.19. The SMILES string of the molecule is CCN(CC)CCn1cccc(N)c1=O. The van der Waals surface area contributed by atoms with Crippen molar-refractivity contribution in [3.63, 3.8) is 0 Å². The van der Waals surface area contributed by atoms with Gasteiger partial charge in [-0.15, -0.1) is 0 Å². The van der Waals surface area contributed by atoms with Crippen molar-refractivity contribution in [2.45, 2.75) is 20.4 Å². The molecule has 0 aliphatic heterocycles. The molecule has 4 nitrogen and oxygen atoms in total. The van der Waals surface area contributed by atoms with Gasteiger partial charge < -0.3 is 15.2 Å². The zero-order valence-electron chi connectivity index (χ0n) is 9.44. The summed E-state index contributed by atoms with van der Waals surface area (Å²) in [5, 5.41) is 0. The fourth-order valence-corrected chi connectivity index (χ4v) is 1.52. The number of hydrogen-bond acceptors (Lipinski definition) is 3. The molecule has 0 unspecified atom stereocenters. The third-order valence-electron chi connectivity index (χ3n) is 2.60. The highest BCUT2D eigenvalue weighted by Gasteiger charge is 2.02. The van der Waals surface area contributed by atoms with Crippen LogP contribution < -0.4 is 11.3 Å². The first-order valence-corrected chi connectivity index (χ1v) is 5.36. The van der Waals surface area contributed by atoms with Crippen LogP contribution in [0, 0.1) is 0 Å². The monoisotopic (exact) mass is 209 g/mol. The molecule has 0 spiro atoms. The Morgan fingerprint density at radius 2 is 2.07 bits per heavy atom. The zero-order chi connectivity index (χ0) is 11.3. The van der Waals surface area contributed by atoms with Crippen molar-refractivity contribution in [3.8, 4) is 0 Å². The first kappa shape index (κ1) is 11.8. The lowest BCUT2D eigenvalue weighted by molar-refractivity contribution is 0.289. The highest BCUT2D eigenvalue weighted by Crippen LogP contribution is 1.93. The van der Waals surface area contributed by atoms with E-state index in [2.05, 4.69) is 18.7 Å². The molecule has 0 bridgehead atoms. The van der Waals surface area contributed by atoms with Crippen molar-refractivity contribution in [2.75, 3.05) is 25.4 Å². The molecule has 0 amide bonds. The topological polar surface area (TPSA) is 51.3 Å². The van der Waals surface area contributed by atoms with Crippen molar-refractivity contribution >= 4 is 5.69 Å². The summed E-state index contributed by atoms with van der Waals surface area (Å²) in [4.78, 5) is 13.9. The fourth-order valence-electron chi connectivity index (χ4n) is 1.52. The average Bonchev–Trinajstić information content (AvgIpc) is 2.25. The summed E-state index contributed by atoms with van der Waals surface area (Å²) in [6.45, 7) is 7.83. The van der Waals surface area contributed by atoms with E-state index in [9.17, 15) is 4.79 Å². The molecule has 1 heterocycles. The lowest BCUT2D eigenvalue weighted by Gasteiger charge is -2.18. The van der Waals surface area contributed by atoms with Crippen LogP contribution in [0.25, 0.3) is 0 Å². The van der Waals surface area contributed by atoms with Gasteiger partial charge in [-0.25, -0.2) is 0 Å². The van der Waals surface area contributed by atoms with E-state index in [0.29, 0.717) is 12.2 Å². The third kappa shape index (κ3) is 3.09. The molecule has 1 aromatic heterocycles. The summed E-state index contributed by atoms with van der Waals surface area (Å²) in [7, 11) is 0. The normalized spacial score (nSPS) is 10.9. The van der Waals surface area contributed by atoms with E-state index in [1.807, 2.05) is 0 Å². The first-order valence-electron chi connectivity index (χ1n) is 5.36. The minimum atomic E-state index is -0.0929. The zero-order valence-corrected chi connectivity index (χ0v) is 9.44. The molecule has 2 N–H and O–H groups in total. The van der Waals surface area contributed by atoms with Crippen LogP contribution in [0.15, 0.2) is 23.1 Å². The molecule has 0 aromatic carbocycles. The van der Waals surface area contributed by atoms with Gasteiger partial charge in [0.05, 0.1) is 5.69 Å². The predicted octanol–water partition coefficient (Wildman–Crippen LogP) is 0.772. The molecule has 4 heteroatoms. The van der Waals surface area contributed by atoms with Gasteiger partial charge in [-0.2, -0.15) is 0 Å². The largest absolute Gasteiger partial charge is 0.394 e. The minimum Gasteiger partial charge on any atom is -0.394 e. The number of anilines is 1. The number of nitrogen functional groups attached to an aromatic ring is 1. The number of nitrogens with two attached hydrogens (primary N) is 1. The molecule has 0 fully saturated rings. The van der Waals surface area contributed by atoms with Gasteiger partial charge in [0.25, 0.3) is 5.56 Å². The summed E-state index contributed by atoms with van der Waals surface area (Å²) in [5.74, 6) is 0. The Morgan fingerprint density at radius 3 is 2.67 bits per heavy atom. The Bertz CT molecular complexity index is 355. The van der Waals surface area contributed by atoms with Crippen molar-refractivity contribution in [1.29, 1.82) is 0 Å². The number of rotatable bonds is 5. The van der Waals surface area contributed by atoms with E-state index in [0.717, 1.165) is 19.6 Å². The quantitative estimate of drug-likeness (QED) is 0.779. The van der Waals surface area contributed by atoms with Gasteiger partial charge in [-0.1, -0.05) is 13.8 Å². The second kappa shape index (κ2) is 5.56. The Labute approximate surface area is 90.3 Å². The average molecular weight is 209 g/mol. The van der Waals surface area contributed by atoms with Gasteiger partial charge in [0.1, 0.15) is 0 Å². The Kier molecular flexibility index (Phi) is 4.37. The standard InChI is InChI=1S/C11H19N3O/c1-3-13(4-2)8-9-14-7-5-6-10(12)11(14)15/h5-7H,3-4,8-9,12H2,1-2H3. The summed E-state index contributed by atoms with van der Waals surface area (Å²) in [5.41, 5.74) is 5.77. The summed E-state index contributed by atoms with van der Waals surface area (Å²) < 4.78 is 1.66. The molecule has 0 saturated carbocycles. The van der Waals surface area contributed by atoms with Crippen LogP contribution in [0.5, 0.6) is 0 Å². The number of hydrogen-bond donors (Lipinski definition) is 1. The fraction of sp³-hybridized carbons (Fsp3) is 0.545. The highest BCUT2D eigenvalue weighted by atomic mass is 16.1. The van der Waals surface area contributed by atoms with E-state index >= 15 is 0 Å². The van der Waals surface area contributed by atoms with E-state index in [-0.39, 0.29) is 5.56 Å². The number of aromatic nitrogens is 1. The van der Waals surface area contributed by atoms with Crippen molar-refractivity contribution < 1.29 is 0 Å². The molecule has 0 aliphatic rings. The molecular formula is C11H19N3O. The molecule has 0 atom stereocenters. The molecular weight excluding hydrogens is 190 g/mol. The van der Waals surface area contributed by atoms with Gasteiger partial charge in [-0.05, 0) is 25.2 Å². The molecule has 0 aliphatic carbocycles. The van der Waals surface area contributed by atoms with Gasteiger partial charge in [0, 0.05) is 19.3 Å². The second-order valence-corrected chi connectivity index (χ2v) is 3.49. The van der Waals surface area contributed by atoms with Gasteiger partial charge in [0.15, 0.2) is 0 Å². The summed E-state index contributed by atoms with van der Waals surface area (Å²) >= 11 is 0. The van der Waals surface area contributed by atoms with E-state index < -0.39 is 0 Å². The molecule has 1 aromatic rings. The molecule has 0 saturated heterocycles. The van der Waals surface area contributed by atoms with E-state index in [1.165, 1.54) is 0 Å². The molecule has 15 heavy (non-hydrogen) atoms. The van der Waals surface area contributed by atoms with Crippen LogP contribution >= 0.6 is 0 Å². The van der Waals surface area contributed by atoms with Gasteiger partial charge >= 0.3 is 0 Å².